The van der Waals surface area contributed by atoms with E-state index in [9.17, 15) is 9.59 Å². The molecule has 6 nitrogen and oxygen atoms in total. The summed E-state index contributed by atoms with van der Waals surface area (Å²) in [4.78, 5) is 24.7. The summed E-state index contributed by atoms with van der Waals surface area (Å²) in [5.74, 6) is -0.486. The molecule has 1 aliphatic rings. The number of carbonyl (C=O) groups excluding carboxylic acids is 1. The number of hydrogen-bond donors (Lipinski definition) is 1. The molecule has 1 atom stereocenters. The van der Waals surface area contributed by atoms with Crippen LogP contribution in [0.2, 0.25) is 0 Å². The van der Waals surface area contributed by atoms with Crippen LogP contribution >= 0.6 is 0 Å². The summed E-state index contributed by atoms with van der Waals surface area (Å²) in [6.45, 7) is 3.07. The Bertz CT molecular complexity index is 831. The molecular weight excluding hydrogens is 346 g/mol. The standard InChI is InChI=1S/C21H23NO5/c1-14-3-5-15(6-4-14)13-27-18-8-7-16(9-19(18)26-2)11-22-12-17(21(24)25)10-20(22)23/h3-9,17H,10-13H2,1-2H3,(H,24,25)/t17-/m0/s1. The lowest BCUT2D eigenvalue weighted by molar-refractivity contribution is -0.141. The van der Waals surface area contributed by atoms with Crippen LogP contribution in [0, 0.1) is 12.8 Å². The van der Waals surface area contributed by atoms with Gasteiger partial charge in [0.1, 0.15) is 6.61 Å². The number of methoxy groups -OCH3 is 1. The van der Waals surface area contributed by atoms with Gasteiger partial charge in [0.15, 0.2) is 11.5 Å². The van der Waals surface area contributed by atoms with E-state index < -0.39 is 11.9 Å². The Morgan fingerprint density at radius 3 is 2.48 bits per heavy atom. The van der Waals surface area contributed by atoms with Gasteiger partial charge in [0.25, 0.3) is 0 Å². The monoisotopic (exact) mass is 369 g/mol. The minimum Gasteiger partial charge on any atom is -0.493 e. The van der Waals surface area contributed by atoms with E-state index in [-0.39, 0.29) is 18.9 Å². The maximum atomic E-state index is 12.0. The Morgan fingerprint density at radius 1 is 1.15 bits per heavy atom. The zero-order chi connectivity index (χ0) is 19.4. The topological polar surface area (TPSA) is 76.1 Å². The molecule has 1 fully saturated rings. The normalized spacial score (nSPS) is 16.4. The van der Waals surface area contributed by atoms with Crippen LogP contribution in [0.4, 0.5) is 0 Å². The second-order valence-electron chi connectivity index (χ2n) is 6.77. The molecular formula is C21H23NO5. The first-order valence-corrected chi connectivity index (χ1v) is 8.82. The molecule has 1 saturated heterocycles. The number of rotatable bonds is 7. The van der Waals surface area contributed by atoms with Crippen molar-refractivity contribution in [2.45, 2.75) is 26.5 Å². The number of carbonyl (C=O) groups is 2. The van der Waals surface area contributed by atoms with Crippen molar-refractivity contribution in [1.82, 2.24) is 4.90 Å². The quantitative estimate of drug-likeness (QED) is 0.812. The molecule has 0 aromatic heterocycles. The van der Waals surface area contributed by atoms with E-state index in [1.54, 1.807) is 12.0 Å². The lowest BCUT2D eigenvalue weighted by Crippen LogP contribution is -2.25. The first-order valence-electron chi connectivity index (χ1n) is 8.82. The van der Waals surface area contributed by atoms with Crippen molar-refractivity contribution in [3.05, 3.63) is 59.2 Å². The van der Waals surface area contributed by atoms with Crippen LogP contribution < -0.4 is 9.47 Å². The van der Waals surface area contributed by atoms with Crippen LogP contribution in [0.5, 0.6) is 11.5 Å². The van der Waals surface area contributed by atoms with Crippen LogP contribution in [-0.2, 0) is 22.7 Å². The lowest BCUT2D eigenvalue weighted by Gasteiger charge is -2.18. The molecule has 0 spiro atoms. The molecule has 0 radical (unpaired) electrons. The van der Waals surface area contributed by atoms with Crippen LogP contribution in [0.25, 0.3) is 0 Å². The van der Waals surface area contributed by atoms with Gasteiger partial charge in [-0.25, -0.2) is 0 Å². The van der Waals surface area contributed by atoms with Gasteiger partial charge in [-0.3, -0.25) is 9.59 Å². The Kier molecular flexibility index (Phi) is 5.64. The lowest BCUT2D eigenvalue weighted by atomic mass is 10.1. The molecule has 142 valence electrons. The molecule has 3 rings (SSSR count). The van der Waals surface area contributed by atoms with Crippen molar-refractivity contribution in [3.63, 3.8) is 0 Å². The molecule has 0 bridgehead atoms. The van der Waals surface area contributed by atoms with E-state index in [1.165, 1.54) is 5.56 Å². The third-order valence-corrected chi connectivity index (χ3v) is 4.68. The van der Waals surface area contributed by atoms with Crippen molar-refractivity contribution in [2.24, 2.45) is 5.92 Å². The van der Waals surface area contributed by atoms with Gasteiger partial charge < -0.3 is 19.5 Å². The molecule has 2 aromatic rings. The number of hydrogen-bond acceptors (Lipinski definition) is 4. The van der Waals surface area contributed by atoms with Gasteiger partial charge in [-0.1, -0.05) is 35.9 Å². The molecule has 1 N–H and O–H groups in total. The van der Waals surface area contributed by atoms with Crippen LogP contribution in [0.3, 0.4) is 0 Å². The van der Waals surface area contributed by atoms with Gasteiger partial charge in [-0.15, -0.1) is 0 Å². The van der Waals surface area contributed by atoms with Crippen molar-refractivity contribution >= 4 is 11.9 Å². The average Bonchev–Trinajstić information content (AvgIpc) is 3.02. The summed E-state index contributed by atoms with van der Waals surface area (Å²) < 4.78 is 11.3. The van der Waals surface area contributed by atoms with E-state index in [2.05, 4.69) is 0 Å². The zero-order valence-electron chi connectivity index (χ0n) is 15.5. The molecule has 1 amide bonds. The SMILES string of the molecule is COc1cc(CN2C[C@@H](C(=O)O)CC2=O)ccc1OCc1ccc(C)cc1. The number of amides is 1. The molecule has 6 heteroatoms. The fourth-order valence-corrected chi connectivity index (χ4v) is 3.09. The predicted molar refractivity (Wildman–Crippen MR) is 99.7 cm³/mol. The fraction of sp³-hybridized carbons (Fsp3) is 0.333. The maximum Gasteiger partial charge on any atom is 0.308 e. The fourth-order valence-electron chi connectivity index (χ4n) is 3.09. The Labute approximate surface area is 158 Å². The molecule has 0 saturated carbocycles. The largest absolute Gasteiger partial charge is 0.493 e. The van der Waals surface area contributed by atoms with E-state index in [1.807, 2.05) is 49.4 Å². The highest BCUT2D eigenvalue weighted by Crippen LogP contribution is 2.30. The number of aryl methyl sites for hydroxylation is 1. The third kappa shape index (κ3) is 4.58. The van der Waals surface area contributed by atoms with Gasteiger partial charge in [0.05, 0.1) is 13.0 Å². The van der Waals surface area contributed by atoms with E-state index in [0.717, 1.165) is 11.1 Å². The zero-order valence-corrected chi connectivity index (χ0v) is 15.5. The van der Waals surface area contributed by atoms with Crippen molar-refractivity contribution in [3.8, 4) is 11.5 Å². The van der Waals surface area contributed by atoms with Crippen LogP contribution in [0.1, 0.15) is 23.1 Å². The summed E-state index contributed by atoms with van der Waals surface area (Å²) in [5, 5.41) is 9.09. The number of aliphatic carboxylic acids is 1. The highest BCUT2D eigenvalue weighted by Gasteiger charge is 2.34. The van der Waals surface area contributed by atoms with Gasteiger partial charge in [0, 0.05) is 19.5 Å². The van der Waals surface area contributed by atoms with E-state index >= 15 is 0 Å². The Morgan fingerprint density at radius 2 is 1.85 bits per heavy atom. The van der Waals surface area contributed by atoms with Gasteiger partial charge in [-0.05, 0) is 30.2 Å². The first-order chi connectivity index (χ1) is 13.0. The minimum atomic E-state index is -0.928. The third-order valence-electron chi connectivity index (χ3n) is 4.68. The number of nitrogens with zero attached hydrogens (tertiary/aromatic N) is 1. The number of ether oxygens (including phenoxy) is 2. The van der Waals surface area contributed by atoms with Gasteiger partial charge >= 0.3 is 5.97 Å². The van der Waals surface area contributed by atoms with Crippen LogP contribution in [0.15, 0.2) is 42.5 Å². The second-order valence-corrected chi connectivity index (χ2v) is 6.77. The van der Waals surface area contributed by atoms with E-state index in [4.69, 9.17) is 14.6 Å². The maximum absolute atomic E-state index is 12.0. The summed E-state index contributed by atoms with van der Waals surface area (Å²) >= 11 is 0. The number of likely N-dealkylation sites (tertiary alicyclic amines) is 1. The second kappa shape index (κ2) is 8.12. The van der Waals surface area contributed by atoms with Gasteiger partial charge in [-0.2, -0.15) is 0 Å². The van der Waals surface area contributed by atoms with Crippen molar-refractivity contribution in [2.75, 3.05) is 13.7 Å². The first kappa shape index (κ1) is 18.8. The molecule has 1 aliphatic heterocycles. The number of carboxylic acid groups (broad SMARTS) is 1. The molecule has 1 heterocycles. The average molecular weight is 369 g/mol. The minimum absolute atomic E-state index is 0.0597. The molecule has 2 aromatic carbocycles. The highest BCUT2D eigenvalue weighted by atomic mass is 16.5. The predicted octanol–water partition coefficient (Wildman–Crippen LogP) is 3.02. The Balaban J connectivity index is 1.66. The van der Waals surface area contributed by atoms with Gasteiger partial charge in [0.2, 0.25) is 5.91 Å². The molecule has 27 heavy (non-hydrogen) atoms. The number of benzene rings is 2. The summed E-state index contributed by atoms with van der Waals surface area (Å²) in [5.41, 5.74) is 3.13. The summed E-state index contributed by atoms with van der Waals surface area (Å²) in [6.07, 6.45) is 0.0597. The molecule has 0 unspecified atom stereocenters. The number of carboxylic acids is 1. The summed E-state index contributed by atoms with van der Waals surface area (Å²) in [7, 11) is 1.57. The summed E-state index contributed by atoms with van der Waals surface area (Å²) in [6, 6.07) is 13.6. The smallest absolute Gasteiger partial charge is 0.308 e. The van der Waals surface area contributed by atoms with Crippen molar-refractivity contribution in [1.29, 1.82) is 0 Å². The highest BCUT2D eigenvalue weighted by molar-refractivity contribution is 5.86. The van der Waals surface area contributed by atoms with E-state index in [0.29, 0.717) is 24.7 Å². The molecule has 0 aliphatic carbocycles. The Hall–Kier alpha value is -3.02. The van der Waals surface area contributed by atoms with Crippen LogP contribution in [-0.4, -0.2) is 35.5 Å². The van der Waals surface area contributed by atoms with Crippen molar-refractivity contribution < 1.29 is 24.2 Å².